The molecule has 0 fully saturated rings. The van der Waals surface area contributed by atoms with E-state index in [1.165, 1.54) is 0 Å². The summed E-state index contributed by atoms with van der Waals surface area (Å²) in [4.78, 5) is 28.2. The van der Waals surface area contributed by atoms with E-state index >= 15 is 0 Å². The Balaban J connectivity index is 1.82. The van der Waals surface area contributed by atoms with Gasteiger partial charge in [-0.25, -0.2) is 17.6 Å². The molecule has 0 aliphatic heterocycles. The maximum atomic E-state index is 13.6. The number of amides is 2. The molecule has 2 amide bonds. The smallest absolute Gasteiger partial charge is 0.257 e. The Morgan fingerprint density at radius 3 is 1.39 bits per heavy atom. The fraction of sp³-hybridized carbons (Fsp3) is 0. The Hall–Kier alpha value is -3.75. The molecular formula is C19H11F4N3O2. The van der Waals surface area contributed by atoms with Gasteiger partial charge in [0, 0.05) is 12.4 Å². The van der Waals surface area contributed by atoms with Crippen LogP contribution in [0.15, 0.2) is 54.9 Å². The Kier molecular flexibility index (Phi) is 5.35. The van der Waals surface area contributed by atoms with Crippen LogP contribution in [0, 0.1) is 23.3 Å². The van der Waals surface area contributed by atoms with Crippen molar-refractivity contribution < 1.29 is 27.2 Å². The highest BCUT2D eigenvalue weighted by Gasteiger charge is 2.17. The van der Waals surface area contributed by atoms with Gasteiger partial charge in [-0.2, -0.15) is 0 Å². The number of carbonyl (C=O) groups is 2. The van der Waals surface area contributed by atoms with Crippen LogP contribution in [0.4, 0.5) is 28.9 Å². The van der Waals surface area contributed by atoms with Crippen molar-refractivity contribution in [3.8, 4) is 0 Å². The Labute approximate surface area is 156 Å². The molecule has 3 aromatic rings. The first kappa shape index (κ1) is 19.0. The summed E-state index contributed by atoms with van der Waals surface area (Å²) in [5, 5.41) is 4.10. The number of nitrogens with zero attached hydrogens (tertiary/aromatic N) is 1. The van der Waals surface area contributed by atoms with E-state index < -0.39 is 46.5 Å². The van der Waals surface area contributed by atoms with Crippen molar-refractivity contribution in [2.75, 3.05) is 10.6 Å². The molecule has 28 heavy (non-hydrogen) atoms. The zero-order valence-electron chi connectivity index (χ0n) is 14.0. The Bertz CT molecular complexity index is 952. The number of pyridine rings is 1. The molecule has 1 aromatic heterocycles. The van der Waals surface area contributed by atoms with E-state index in [2.05, 4.69) is 4.98 Å². The van der Waals surface area contributed by atoms with E-state index in [0.29, 0.717) is 0 Å². The van der Waals surface area contributed by atoms with Crippen LogP contribution < -0.4 is 10.6 Å². The number of para-hydroxylation sites is 2. The molecule has 0 saturated heterocycles. The maximum Gasteiger partial charge on any atom is 0.257 e. The van der Waals surface area contributed by atoms with Crippen molar-refractivity contribution in [1.82, 2.24) is 4.98 Å². The molecule has 142 valence electrons. The van der Waals surface area contributed by atoms with Crippen LogP contribution in [0.5, 0.6) is 0 Å². The zero-order valence-corrected chi connectivity index (χ0v) is 14.0. The molecule has 0 aliphatic rings. The minimum absolute atomic E-state index is 0.190. The number of hydrogen-bond acceptors (Lipinski definition) is 3. The van der Waals surface area contributed by atoms with E-state index in [1.54, 1.807) is 0 Å². The first-order valence-electron chi connectivity index (χ1n) is 7.82. The van der Waals surface area contributed by atoms with Crippen molar-refractivity contribution in [1.29, 1.82) is 0 Å². The second-order valence-corrected chi connectivity index (χ2v) is 5.56. The molecule has 0 unspecified atom stereocenters. The van der Waals surface area contributed by atoms with Gasteiger partial charge in [-0.15, -0.1) is 0 Å². The number of rotatable bonds is 4. The topological polar surface area (TPSA) is 71.1 Å². The number of aromatic nitrogens is 1. The van der Waals surface area contributed by atoms with Crippen LogP contribution in [-0.2, 0) is 0 Å². The van der Waals surface area contributed by atoms with Crippen LogP contribution >= 0.6 is 0 Å². The third-order valence-corrected chi connectivity index (χ3v) is 3.67. The van der Waals surface area contributed by atoms with Gasteiger partial charge in [0.1, 0.15) is 34.6 Å². The summed E-state index contributed by atoms with van der Waals surface area (Å²) in [5.74, 6) is -5.78. The van der Waals surface area contributed by atoms with Gasteiger partial charge in [-0.05, 0) is 30.3 Å². The van der Waals surface area contributed by atoms with E-state index in [-0.39, 0.29) is 11.1 Å². The second-order valence-electron chi connectivity index (χ2n) is 5.56. The number of nitrogens with one attached hydrogen (secondary N) is 2. The summed E-state index contributed by atoms with van der Waals surface area (Å²) in [6.07, 6.45) is 2.13. The van der Waals surface area contributed by atoms with Crippen molar-refractivity contribution >= 4 is 23.2 Å². The molecule has 0 bridgehead atoms. The van der Waals surface area contributed by atoms with Gasteiger partial charge >= 0.3 is 0 Å². The minimum atomic E-state index is -0.981. The largest absolute Gasteiger partial charge is 0.317 e. The van der Waals surface area contributed by atoms with E-state index in [9.17, 15) is 27.2 Å². The van der Waals surface area contributed by atoms with E-state index in [4.69, 9.17) is 0 Å². The predicted octanol–water partition coefficient (Wildman–Crippen LogP) is 4.14. The lowest BCUT2D eigenvalue weighted by Crippen LogP contribution is -2.18. The summed E-state index contributed by atoms with van der Waals surface area (Å²) in [5.41, 5.74) is -1.69. The molecule has 5 nitrogen and oxygen atoms in total. The summed E-state index contributed by atoms with van der Waals surface area (Å²) in [6, 6.07) is 7.18. The quantitative estimate of drug-likeness (QED) is 0.659. The van der Waals surface area contributed by atoms with Gasteiger partial charge in [0.25, 0.3) is 11.8 Å². The fourth-order valence-corrected chi connectivity index (χ4v) is 2.29. The Morgan fingerprint density at radius 2 is 1.04 bits per heavy atom. The molecule has 0 aliphatic carbocycles. The molecule has 2 N–H and O–H groups in total. The number of anilines is 2. The standard InChI is InChI=1S/C19H11F4N3O2/c20-12-3-1-4-13(21)16(12)25-18(27)10-7-11(9-24-8-10)19(28)26-17-14(22)5-2-6-15(17)23/h1-9H,(H,25,27)(H,26,28). The summed E-state index contributed by atoms with van der Waals surface area (Å²) in [7, 11) is 0. The normalized spacial score (nSPS) is 10.4. The van der Waals surface area contributed by atoms with Crippen molar-refractivity contribution in [2.45, 2.75) is 0 Å². The van der Waals surface area contributed by atoms with Gasteiger partial charge in [0.2, 0.25) is 0 Å². The highest BCUT2D eigenvalue weighted by atomic mass is 19.1. The molecule has 0 spiro atoms. The first-order valence-corrected chi connectivity index (χ1v) is 7.82. The average Bonchev–Trinajstić information content (AvgIpc) is 2.67. The van der Waals surface area contributed by atoms with Crippen LogP contribution in [0.3, 0.4) is 0 Å². The van der Waals surface area contributed by atoms with Crippen LogP contribution in [0.2, 0.25) is 0 Å². The molecule has 3 rings (SSSR count). The third-order valence-electron chi connectivity index (χ3n) is 3.67. The zero-order chi connectivity index (χ0) is 20.3. The predicted molar refractivity (Wildman–Crippen MR) is 92.9 cm³/mol. The summed E-state index contributed by atoms with van der Waals surface area (Å²) < 4.78 is 54.6. The minimum Gasteiger partial charge on any atom is -0.317 e. The van der Waals surface area contributed by atoms with Gasteiger partial charge in [0.05, 0.1) is 11.1 Å². The second kappa shape index (κ2) is 7.87. The van der Waals surface area contributed by atoms with Gasteiger partial charge in [-0.1, -0.05) is 12.1 Å². The lowest BCUT2D eigenvalue weighted by atomic mass is 10.1. The SMILES string of the molecule is O=C(Nc1c(F)cccc1F)c1cncc(C(=O)Nc2c(F)cccc2F)c1. The summed E-state index contributed by atoms with van der Waals surface area (Å²) >= 11 is 0. The highest BCUT2D eigenvalue weighted by Crippen LogP contribution is 2.20. The number of benzene rings is 2. The van der Waals surface area contributed by atoms with Gasteiger partial charge in [0.15, 0.2) is 0 Å². The molecule has 0 atom stereocenters. The highest BCUT2D eigenvalue weighted by molar-refractivity contribution is 6.08. The monoisotopic (exact) mass is 389 g/mol. The van der Waals surface area contributed by atoms with Crippen LogP contribution in [0.25, 0.3) is 0 Å². The van der Waals surface area contributed by atoms with Crippen LogP contribution in [-0.4, -0.2) is 16.8 Å². The lowest BCUT2D eigenvalue weighted by molar-refractivity contribution is 0.102. The molecule has 9 heteroatoms. The average molecular weight is 389 g/mol. The molecule has 1 heterocycles. The number of hydrogen-bond donors (Lipinski definition) is 2. The molecular weight excluding hydrogens is 378 g/mol. The van der Waals surface area contributed by atoms with Gasteiger partial charge < -0.3 is 10.6 Å². The van der Waals surface area contributed by atoms with Crippen molar-refractivity contribution in [3.05, 3.63) is 89.3 Å². The lowest BCUT2D eigenvalue weighted by Gasteiger charge is -2.09. The van der Waals surface area contributed by atoms with Crippen molar-refractivity contribution in [2.24, 2.45) is 0 Å². The molecule has 2 aromatic carbocycles. The summed E-state index contributed by atoms with van der Waals surface area (Å²) in [6.45, 7) is 0. The maximum absolute atomic E-state index is 13.6. The molecule has 0 radical (unpaired) electrons. The number of carbonyl (C=O) groups excluding carboxylic acids is 2. The van der Waals surface area contributed by atoms with Crippen LogP contribution in [0.1, 0.15) is 20.7 Å². The number of halogens is 4. The third kappa shape index (κ3) is 3.98. The van der Waals surface area contributed by atoms with E-state index in [1.807, 2.05) is 10.6 Å². The van der Waals surface area contributed by atoms with E-state index in [0.717, 1.165) is 54.9 Å². The Morgan fingerprint density at radius 1 is 0.679 bits per heavy atom. The molecule has 0 saturated carbocycles. The fourth-order valence-electron chi connectivity index (χ4n) is 2.29. The first-order chi connectivity index (χ1) is 13.4. The van der Waals surface area contributed by atoms with Gasteiger partial charge in [-0.3, -0.25) is 14.6 Å². The van der Waals surface area contributed by atoms with Crippen molar-refractivity contribution in [3.63, 3.8) is 0 Å².